The molecule has 0 radical (unpaired) electrons. The first-order valence-electron chi connectivity index (χ1n) is 6.24. The molecule has 2 N–H and O–H groups in total. The molecule has 0 aliphatic carbocycles. The molecule has 0 spiro atoms. The Morgan fingerprint density at radius 3 is 2.61 bits per heavy atom. The van der Waals surface area contributed by atoms with E-state index in [9.17, 15) is 5.11 Å². The highest BCUT2D eigenvalue weighted by molar-refractivity contribution is 7.10. The Morgan fingerprint density at radius 2 is 1.94 bits per heavy atom. The summed E-state index contributed by atoms with van der Waals surface area (Å²) in [6.07, 6.45) is 0.385. The minimum absolute atomic E-state index is 0.294. The molecule has 0 amide bonds. The van der Waals surface area contributed by atoms with Gasteiger partial charge in [0, 0.05) is 17.5 Å². The predicted octanol–water partition coefficient (Wildman–Crippen LogP) is 3.35. The molecule has 18 heavy (non-hydrogen) atoms. The summed E-state index contributed by atoms with van der Waals surface area (Å²) in [7, 11) is 0. The third kappa shape index (κ3) is 3.95. The number of aliphatic hydroxyl groups is 1. The van der Waals surface area contributed by atoms with E-state index < -0.39 is 0 Å². The summed E-state index contributed by atoms with van der Waals surface area (Å²) in [5.41, 5.74) is 1.27. The zero-order valence-electron chi connectivity index (χ0n) is 10.5. The quantitative estimate of drug-likeness (QED) is 0.836. The molecule has 3 heteroatoms. The van der Waals surface area contributed by atoms with E-state index in [-0.39, 0.29) is 6.10 Å². The van der Waals surface area contributed by atoms with Crippen LogP contribution in [0.15, 0.2) is 47.8 Å². The van der Waals surface area contributed by atoms with Gasteiger partial charge in [-0.1, -0.05) is 36.4 Å². The van der Waals surface area contributed by atoms with Crippen molar-refractivity contribution in [2.75, 3.05) is 0 Å². The van der Waals surface area contributed by atoms with Gasteiger partial charge in [0.1, 0.15) is 0 Å². The zero-order chi connectivity index (χ0) is 12.8. The third-order valence-electron chi connectivity index (χ3n) is 2.95. The van der Waals surface area contributed by atoms with Crippen LogP contribution in [0.3, 0.4) is 0 Å². The maximum Gasteiger partial charge on any atom is 0.0896 e. The minimum Gasteiger partial charge on any atom is -0.388 e. The largest absolute Gasteiger partial charge is 0.388 e. The van der Waals surface area contributed by atoms with Crippen LogP contribution in [-0.4, -0.2) is 11.1 Å². The number of thiophene rings is 1. The number of hydrogen-bond donors (Lipinski definition) is 2. The topological polar surface area (TPSA) is 32.3 Å². The standard InChI is InChI=1S/C15H19NOS/c1-12(10-14(17)15-8-5-9-18-15)16-11-13-6-3-2-4-7-13/h2-9,12,14,16-17H,10-11H2,1H3. The molecule has 2 nitrogen and oxygen atoms in total. The van der Waals surface area contributed by atoms with Gasteiger partial charge in [-0.2, -0.15) is 0 Å². The Balaban J connectivity index is 1.77. The van der Waals surface area contributed by atoms with Crippen molar-refractivity contribution < 1.29 is 5.11 Å². The van der Waals surface area contributed by atoms with Gasteiger partial charge in [0.2, 0.25) is 0 Å². The lowest BCUT2D eigenvalue weighted by molar-refractivity contribution is 0.157. The summed E-state index contributed by atoms with van der Waals surface area (Å²) in [6, 6.07) is 14.6. The molecule has 2 unspecified atom stereocenters. The molecule has 96 valence electrons. The molecule has 0 aliphatic rings. The highest BCUT2D eigenvalue weighted by atomic mass is 32.1. The SMILES string of the molecule is CC(CC(O)c1cccs1)NCc1ccccc1. The average Bonchev–Trinajstić information content (AvgIpc) is 2.91. The van der Waals surface area contributed by atoms with Crippen LogP contribution in [0.2, 0.25) is 0 Å². The van der Waals surface area contributed by atoms with Crippen LogP contribution in [-0.2, 0) is 6.54 Å². The van der Waals surface area contributed by atoms with Gasteiger partial charge in [-0.05, 0) is 30.4 Å². The molecule has 1 heterocycles. The van der Waals surface area contributed by atoms with E-state index in [0.29, 0.717) is 6.04 Å². The molecule has 0 aliphatic heterocycles. The summed E-state index contributed by atoms with van der Waals surface area (Å²) in [4.78, 5) is 1.04. The van der Waals surface area contributed by atoms with Crippen molar-refractivity contribution in [2.24, 2.45) is 0 Å². The van der Waals surface area contributed by atoms with Gasteiger partial charge in [-0.25, -0.2) is 0 Å². The lowest BCUT2D eigenvalue weighted by Gasteiger charge is -2.17. The van der Waals surface area contributed by atoms with Crippen LogP contribution >= 0.6 is 11.3 Å². The van der Waals surface area contributed by atoms with Crippen molar-refractivity contribution in [2.45, 2.75) is 32.0 Å². The van der Waals surface area contributed by atoms with E-state index in [4.69, 9.17) is 0 Å². The summed E-state index contributed by atoms with van der Waals surface area (Å²) in [6.45, 7) is 2.96. The lowest BCUT2D eigenvalue weighted by atomic mass is 10.1. The fraction of sp³-hybridized carbons (Fsp3) is 0.333. The Hall–Kier alpha value is -1.16. The van der Waals surface area contributed by atoms with Gasteiger partial charge in [0.15, 0.2) is 0 Å². The highest BCUT2D eigenvalue weighted by Gasteiger charge is 2.12. The predicted molar refractivity (Wildman–Crippen MR) is 76.6 cm³/mol. The van der Waals surface area contributed by atoms with E-state index in [1.165, 1.54) is 5.56 Å². The number of benzene rings is 1. The molecule has 1 aromatic carbocycles. The fourth-order valence-corrected chi connectivity index (χ4v) is 2.63. The Morgan fingerprint density at radius 1 is 1.17 bits per heavy atom. The van der Waals surface area contributed by atoms with Crippen LogP contribution < -0.4 is 5.32 Å². The molecule has 0 saturated carbocycles. The van der Waals surface area contributed by atoms with E-state index >= 15 is 0 Å². The van der Waals surface area contributed by atoms with E-state index in [1.807, 2.05) is 35.7 Å². The molecular weight excluding hydrogens is 242 g/mol. The summed E-state index contributed by atoms with van der Waals surface area (Å²) in [5.74, 6) is 0. The third-order valence-corrected chi connectivity index (χ3v) is 3.92. The van der Waals surface area contributed by atoms with Gasteiger partial charge in [-0.3, -0.25) is 0 Å². The Kier molecular flexibility index (Phi) is 4.93. The monoisotopic (exact) mass is 261 g/mol. The maximum absolute atomic E-state index is 10.0. The molecule has 2 aromatic rings. The van der Waals surface area contributed by atoms with Crippen molar-refractivity contribution >= 4 is 11.3 Å². The molecule has 0 bridgehead atoms. The Bertz CT molecular complexity index is 441. The number of aliphatic hydroxyl groups excluding tert-OH is 1. The molecular formula is C15H19NOS. The van der Waals surface area contributed by atoms with Gasteiger partial charge < -0.3 is 10.4 Å². The van der Waals surface area contributed by atoms with Gasteiger partial charge in [-0.15, -0.1) is 11.3 Å². The van der Waals surface area contributed by atoms with Crippen LogP contribution in [0.4, 0.5) is 0 Å². The van der Waals surface area contributed by atoms with Gasteiger partial charge >= 0.3 is 0 Å². The zero-order valence-corrected chi connectivity index (χ0v) is 11.4. The van der Waals surface area contributed by atoms with Crippen molar-refractivity contribution in [3.05, 3.63) is 58.3 Å². The first-order chi connectivity index (χ1) is 8.75. The summed E-state index contributed by atoms with van der Waals surface area (Å²) < 4.78 is 0. The second-order valence-electron chi connectivity index (χ2n) is 4.53. The average molecular weight is 261 g/mol. The van der Waals surface area contributed by atoms with E-state index in [2.05, 4.69) is 24.4 Å². The normalized spacial score (nSPS) is 14.3. The van der Waals surface area contributed by atoms with Crippen molar-refractivity contribution in [1.82, 2.24) is 5.32 Å². The lowest BCUT2D eigenvalue weighted by Crippen LogP contribution is -2.27. The van der Waals surface area contributed by atoms with Crippen LogP contribution in [0.5, 0.6) is 0 Å². The molecule has 2 rings (SSSR count). The smallest absolute Gasteiger partial charge is 0.0896 e. The van der Waals surface area contributed by atoms with Gasteiger partial charge in [0.25, 0.3) is 0 Å². The first-order valence-corrected chi connectivity index (χ1v) is 7.12. The summed E-state index contributed by atoms with van der Waals surface area (Å²) >= 11 is 1.61. The molecule has 1 aromatic heterocycles. The van der Waals surface area contributed by atoms with Crippen LogP contribution in [0.25, 0.3) is 0 Å². The van der Waals surface area contributed by atoms with Crippen LogP contribution in [0, 0.1) is 0 Å². The second kappa shape index (κ2) is 6.69. The highest BCUT2D eigenvalue weighted by Crippen LogP contribution is 2.22. The van der Waals surface area contributed by atoms with Crippen molar-refractivity contribution in [3.8, 4) is 0 Å². The minimum atomic E-state index is -0.358. The van der Waals surface area contributed by atoms with Gasteiger partial charge in [0.05, 0.1) is 6.10 Å². The maximum atomic E-state index is 10.0. The molecule has 0 fully saturated rings. The van der Waals surface area contributed by atoms with Crippen LogP contribution in [0.1, 0.15) is 29.9 Å². The molecule has 0 saturated heterocycles. The van der Waals surface area contributed by atoms with E-state index in [0.717, 1.165) is 17.8 Å². The Labute approximate surface area is 112 Å². The second-order valence-corrected chi connectivity index (χ2v) is 5.51. The first kappa shape index (κ1) is 13.3. The fourth-order valence-electron chi connectivity index (χ4n) is 1.90. The number of nitrogens with one attached hydrogen (secondary N) is 1. The van der Waals surface area contributed by atoms with Crippen molar-refractivity contribution in [1.29, 1.82) is 0 Å². The molecule has 2 atom stereocenters. The number of hydrogen-bond acceptors (Lipinski definition) is 3. The van der Waals surface area contributed by atoms with Crippen molar-refractivity contribution in [3.63, 3.8) is 0 Å². The van der Waals surface area contributed by atoms with E-state index in [1.54, 1.807) is 11.3 Å². The number of rotatable bonds is 6. The summed E-state index contributed by atoms with van der Waals surface area (Å²) in [5, 5.41) is 15.5.